The lowest BCUT2D eigenvalue weighted by molar-refractivity contribution is -0.118. The molecule has 0 heterocycles. The second-order valence-electron chi connectivity index (χ2n) is 2.80. The fourth-order valence-corrected chi connectivity index (χ4v) is 0.893. The summed E-state index contributed by atoms with van der Waals surface area (Å²) >= 11 is 0. The molecule has 1 unspecified atom stereocenters. The Morgan fingerprint density at radius 1 is 1.55 bits per heavy atom. The van der Waals surface area contributed by atoms with Gasteiger partial charge in [-0.05, 0) is 12.8 Å². The molecule has 3 nitrogen and oxygen atoms in total. The van der Waals surface area contributed by atoms with Crippen LogP contribution in [0.2, 0.25) is 0 Å². The van der Waals surface area contributed by atoms with Gasteiger partial charge in [-0.3, -0.25) is 4.79 Å². The Morgan fingerprint density at radius 3 is 2.64 bits per heavy atom. The Bertz CT molecular complexity index is 115. The van der Waals surface area contributed by atoms with E-state index in [-0.39, 0.29) is 12.0 Å². The summed E-state index contributed by atoms with van der Waals surface area (Å²) < 4.78 is 0. The molecule has 3 N–H and O–H groups in total. The number of amides is 1. The predicted octanol–water partition coefficient (Wildman–Crippen LogP) is 0.803. The zero-order valence-corrected chi connectivity index (χ0v) is 7.05. The van der Waals surface area contributed by atoms with Crippen LogP contribution in [0.15, 0.2) is 0 Å². The van der Waals surface area contributed by atoms with Gasteiger partial charge in [-0.2, -0.15) is 0 Å². The van der Waals surface area contributed by atoms with Crippen LogP contribution < -0.4 is 5.73 Å². The van der Waals surface area contributed by atoms with E-state index >= 15 is 0 Å². The first-order chi connectivity index (χ1) is 5.16. The molecule has 0 aromatic heterocycles. The molecule has 0 rings (SSSR count). The minimum Gasteiger partial charge on any atom is -0.393 e. The third-order valence-electron chi connectivity index (χ3n) is 1.61. The molecule has 0 aliphatic heterocycles. The monoisotopic (exact) mass is 159 g/mol. The summed E-state index contributed by atoms with van der Waals surface area (Å²) in [4.78, 5) is 10.3. The Kier molecular flexibility index (Phi) is 5.84. The number of aliphatic hydroxyl groups is 1. The highest BCUT2D eigenvalue weighted by molar-refractivity contribution is 5.73. The van der Waals surface area contributed by atoms with Crippen molar-refractivity contribution in [1.82, 2.24) is 0 Å². The molecular weight excluding hydrogens is 142 g/mol. The standard InChI is InChI=1S/C8H17NO2/c1-2-3-4-7(10)5-6-8(9)11/h7,10H,2-6H2,1H3,(H2,9,11). The molecule has 66 valence electrons. The average Bonchev–Trinajstić information content (AvgIpc) is 1.97. The molecule has 0 aliphatic rings. The van der Waals surface area contributed by atoms with Gasteiger partial charge < -0.3 is 10.8 Å². The Hall–Kier alpha value is -0.570. The maximum atomic E-state index is 10.3. The van der Waals surface area contributed by atoms with Gasteiger partial charge in [0.15, 0.2) is 0 Å². The van der Waals surface area contributed by atoms with Crippen LogP contribution in [0.1, 0.15) is 39.0 Å². The highest BCUT2D eigenvalue weighted by Gasteiger charge is 2.04. The molecule has 11 heavy (non-hydrogen) atoms. The van der Waals surface area contributed by atoms with Gasteiger partial charge in [-0.25, -0.2) is 0 Å². The van der Waals surface area contributed by atoms with Crippen LogP contribution in [0.5, 0.6) is 0 Å². The number of nitrogens with two attached hydrogens (primary N) is 1. The smallest absolute Gasteiger partial charge is 0.217 e. The van der Waals surface area contributed by atoms with Crippen molar-refractivity contribution in [3.63, 3.8) is 0 Å². The number of carbonyl (C=O) groups excluding carboxylic acids is 1. The van der Waals surface area contributed by atoms with E-state index in [0.29, 0.717) is 12.8 Å². The van der Waals surface area contributed by atoms with Gasteiger partial charge in [-0.15, -0.1) is 0 Å². The number of unbranched alkanes of at least 4 members (excludes halogenated alkanes) is 1. The van der Waals surface area contributed by atoms with E-state index in [1.807, 2.05) is 0 Å². The largest absolute Gasteiger partial charge is 0.393 e. The number of rotatable bonds is 6. The quantitative estimate of drug-likeness (QED) is 0.602. The number of hydrogen-bond donors (Lipinski definition) is 2. The molecule has 1 amide bonds. The van der Waals surface area contributed by atoms with Crippen LogP contribution in [-0.2, 0) is 4.79 Å². The van der Waals surface area contributed by atoms with E-state index < -0.39 is 0 Å². The summed E-state index contributed by atoms with van der Waals surface area (Å²) in [5.74, 6) is -0.333. The third kappa shape index (κ3) is 7.33. The van der Waals surface area contributed by atoms with E-state index in [9.17, 15) is 9.90 Å². The van der Waals surface area contributed by atoms with Crippen molar-refractivity contribution in [3.8, 4) is 0 Å². The third-order valence-corrected chi connectivity index (χ3v) is 1.61. The van der Waals surface area contributed by atoms with Crippen LogP contribution in [0.3, 0.4) is 0 Å². The van der Waals surface area contributed by atoms with Crippen molar-refractivity contribution in [1.29, 1.82) is 0 Å². The minimum atomic E-state index is -0.345. The molecule has 3 heteroatoms. The van der Waals surface area contributed by atoms with E-state index in [0.717, 1.165) is 19.3 Å². The fourth-order valence-electron chi connectivity index (χ4n) is 0.893. The van der Waals surface area contributed by atoms with Crippen LogP contribution in [0, 0.1) is 0 Å². The minimum absolute atomic E-state index is 0.297. The average molecular weight is 159 g/mol. The molecule has 0 saturated heterocycles. The molecule has 0 spiro atoms. The predicted molar refractivity (Wildman–Crippen MR) is 44.0 cm³/mol. The second kappa shape index (κ2) is 6.16. The Morgan fingerprint density at radius 2 is 2.18 bits per heavy atom. The first-order valence-corrected chi connectivity index (χ1v) is 4.13. The topological polar surface area (TPSA) is 63.3 Å². The highest BCUT2D eigenvalue weighted by Crippen LogP contribution is 2.05. The number of aliphatic hydroxyl groups excluding tert-OH is 1. The summed E-state index contributed by atoms with van der Waals surface area (Å²) in [6, 6.07) is 0. The molecule has 0 fully saturated rings. The number of primary amides is 1. The van der Waals surface area contributed by atoms with Gasteiger partial charge in [0.05, 0.1) is 6.10 Å². The lowest BCUT2D eigenvalue weighted by Gasteiger charge is -2.07. The van der Waals surface area contributed by atoms with Crippen molar-refractivity contribution in [2.24, 2.45) is 5.73 Å². The van der Waals surface area contributed by atoms with E-state index in [2.05, 4.69) is 6.92 Å². The zero-order chi connectivity index (χ0) is 8.69. The van der Waals surface area contributed by atoms with Crippen LogP contribution in [-0.4, -0.2) is 17.1 Å². The Balaban J connectivity index is 3.22. The molecule has 0 aromatic rings. The van der Waals surface area contributed by atoms with Crippen LogP contribution in [0.25, 0.3) is 0 Å². The first kappa shape index (κ1) is 10.4. The normalized spacial score (nSPS) is 12.9. The Labute approximate surface area is 67.6 Å². The zero-order valence-electron chi connectivity index (χ0n) is 7.05. The maximum Gasteiger partial charge on any atom is 0.217 e. The van der Waals surface area contributed by atoms with Crippen LogP contribution in [0.4, 0.5) is 0 Å². The van der Waals surface area contributed by atoms with Crippen molar-refractivity contribution in [3.05, 3.63) is 0 Å². The van der Waals surface area contributed by atoms with Gasteiger partial charge in [0, 0.05) is 6.42 Å². The van der Waals surface area contributed by atoms with Gasteiger partial charge >= 0.3 is 0 Å². The fraction of sp³-hybridized carbons (Fsp3) is 0.875. The van der Waals surface area contributed by atoms with Gasteiger partial charge in [0.25, 0.3) is 0 Å². The SMILES string of the molecule is CCCCC(O)CCC(N)=O. The summed E-state index contributed by atoms with van der Waals surface area (Å²) in [6.45, 7) is 2.07. The summed E-state index contributed by atoms with van der Waals surface area (Å²) in [7, 11) is 0. The second-order valence-corrected chi connectivity index (χ2v) is 2.80. The van der Waals surface area contributed by atoms with Gasteiger partial charge in [0.2, 0.25) is 5.91 Å². The molecular formula is C8H17NO2. The summed E-state index contributed by atoms with van der Waals surface area (Å²) in [5.41, 5.74) is 4.92. The molecule has 0 aliphatic carbocycles. The molecule has 0 aromatic carbocycles. The van der Waals surface area contributed by atoms with Gasteiger partial charge in [0.1, 0.15) is 0 Å². The van der Waals surface area contributed by atoms with E-state index in [4.69, 9.17) is 5.73 Å². The van der Waals surface area contributed by atoms with Gasteiger partial charge in [-0.1, -0.05) is 19.8 Å². The van der Waals surface area contributed by atoms with Crippen molar-refractivity contribution in [2.45, 2.75) is 45.1 Å². The first-order valence-electron chi connectivity index (χ1n) is 4.13. The molecule has 0 radical (unpaired) electrons. The molecule has 1 atom stereocenters. The van der Waals surface area contributed by atoms with E-state index in [1.54, 1.807) is 0 Å². The number of hydrogen-bond acceptors (Lipinski definition) is 2. The number of carbonyl (C=O) groups is 1. The summed E-state index contributed by atoms with van der Waals surface area (Å²) in [5, 5.41) is 9.22. The molecule has 0 bridgehead atoms. The van der Waals surface area contributed by atoms with Crippen molar-refractivity contribution < 1.29 is 9.90 Å². The van der Waals surface area contributed by atoms with Crippen molar-refractivity contribution >= 4 is 5.91 Å². The highest BCUT2D eigenvalue weighted by atomic mass is 16.3. The van der Waals surface area contributed by atoms with E-state index in [1.165, 1.54) is 0 Å². The van der Waals surface area contributed by atoms with Crippen LogP contribution >= 0.6 is 0 Å². The molecule has 0 saturated carbocycles. The maximum absolute atomic E-state index is 10.3. The summed E-state index contributed by atoms with van der Waals surface area (Å²) in [6.07, 6.45) is 3.33. The van der Waals surface area contributed by atoms with Crippen molar-refractivity contribution in [2.75, 3.05) is 0 Å². The lowest BCUT2D eigenvalue weighted by Crippen LogP contribution is -2.15. The lowest BCUT2D eigenvalue weighted by atomic mass is 10.1.